The van der Waals surface area contributed by atoms with Gasteiger partial charge < -0.3 is 28.1 Å². The zero-order valence-electron chi connectivity index (χ0n) is 27.9. The van der Waals surface area contributed by atoms with Crippen molar-refractivity contribution < 1.29 is 32.9 Å². The number of ether oxygens (including phenoxy) is 5. The van der Waals surface area contributed by atoms with Gasteiger partial charge in [-0.05, 0) is 47.3 Å². The van der Waals surface area contributed by atoms with Gasteiger partial charge in [-0.3, -0.25) is 4.79 Å². The van der Waals surface area contributed by atoms with E-state index in [2.05, 4.69) is 45.7 Å². The van der Waals surface area contributed by atoms with E-state index in [1.807, 2.05) is 60.7 Å². The van der Waals surface area contributed by atoms with Gasteiger partial charge in [0.1, 0.15) is 36.0 Å². The van der Waals surface area contributed by atoms with Gasteiger partial charge in [-0.25, -0.2) is 0 Å². The van der Waals surface area contributed by atoms with Crippen molar-refractivity contribution in [1.29, 1.82) is 0 Å². The summed E-state index contributed by atoms with van der Waals surface area (Å²) in [6.07, 6.45) is 0. The number of benzene rings is 4. The smallest absolute Gasteiger partial charge is 0.250 e. The standard InChI is InChI=1S/C38H42O7Si/c1-38(2,3)46(7,8)45-33-24-30(43-25-27-15-11-9-12-16-27)23-32(44-26-28-17-13-10-14-18-28)36(33)31(39)20-19-29-21-34(40-4)37(42-6)35(22-29)41-5/h9-18,21-24H,25-26H2,1-8H3. The van der Waals surface area contributed by atoms with Crippen LogP contribution in [0, 0.1) is 11.8 Å². The van der Waals surface area contributed by atoms with Crippen LogP contribution in [0.2, 0.25) is 18.1 Å². The molecule has 0 heterocycles. The molecule has 0 aliphatic carbocycles. The summed E-state index contributed by atoms with van der Waals surface area (Å²) in [6, 6.07) is 26.6. The lowest BCUT2D eigenvalue weighted by atomic mass is 10.1. The average Bonchev–Trinajstić information content (AvgIpc) is 3.04. The van der Waals surface area contributed by atoms with Gasteiger partial charge in [0.15, 0.2) is 11.5 Å². The van der Waals surface area contributed by atoms with Crippen molar-refractivity contribution in [2.45, 2.75) is 52.1 Å². The van der Waals surface area contributed by atoms with Crippen LogP contribution in [0.1, 0.15) is 47.8 Å². The maximum absolute atomic E-state index is 14.1. The van der Waals surface area contributed by atoms with Crippen molar-refractivity contribution >= 4 is 14.1 Å². The number of rotatable bonds is 12. The fraction of sp³-hybridized carbons (Fsp3) is 0.289. The summed E-state index contributed by atoms with van der Waals surface area (Å²) >= 11 is 0. The molecule has 0 aromatic heterocycles. The maximum atomic E-state index is 14.1. The third-order valence-electron chi connectivity index (χ3n) is 7.91. The molecule has 0 aliphatic rings. The molecule has 0 spiro atoms. The molecule has 0 N–H and O–H groups in total. The molecule has 0 unspecified atom stereocenters. The quantitative estimate of drug-likeness (QED) is 0.0875. The van der Waals surface area contributed by atoms with Crippen LogP contribution in [-0.4, -0.2) is 35.4 Å². The molecule has 46 heavy (non-hydrogen) atoms. The number of hydrogen-bond acceptors (Lipinski definition) is 7. The Labute approximate surface area is 273 Å². The Hall–Kier alpha value is -4.87. The van der Waals surface area contributed by atoms with Gasteiger partial charge in [0.2, 0.25) is 11.5 Å². The first-order chi connectivity index (χ1) is 22.0. The predicted octanol–water partition coefficient (Wildman–Crippen LogP) is 8.49. The van der Waals surface area contributed by atoms with Crippen LogP contribution in [0.15, 0.2) is 84.9 Å². The largest absolute Gasteiger partial charge is 0.543 e. The first-order valence-corrected chi connectivity index (χ1v) is 17.9. The molecule has 0 atom stereocenters. The second-order valence-corrected chi connectivity index (χ2v) is 16.9. The summed E-state index contributed by atoms with van der Waals surface area (Å²) < 4.78 is 35.7. The first-order valence-electron chi connectivity index (χ1n) is 15.0. The highest BCUT2D eigenvalue weighted by atomic mass is 28.4. The second-order valence-electron chi connectivity index (χ2n) is 12.2. The van der Waals surface area contributed by atoms with E-state index in [0.29, 0.717) is 46.7 Å². The Morgan fingerprint density at radius 1 is 0.696 bits per heavy atom. The van der Waals surface area contributed by atoms with E-state index in [9.17, 15) is 4.79 Å². The first kappa shape index (κ1) is 34.0. The summed E-state index contributed by atoms with van der Waals surface area (Å²) in [7, 11) is 2.17. The Balaban J connectivity index is 1.83. The molecule has 0 bridgehead atoms. The zero-order valence-corrected chi connectivity index (χ0v) is 28.9. The van der Waals surface area contributed by atoms with Crippen molar-refractivity contribution in [1.82, 2.24) is 0 Å². The van der Waals surface area contributed by atoms with Gasteiger partial charge in [0.05, 0.1) is 21.3 Å². The molecule has 0 saturated heterocycles. The lowest BCUT2D eigenvalue weighted by Gasteiger charge is -2.37. The molecular weight excluding hydrogens is 596 g/mol. The third kappa shape index (κ3) is 8.43. The Kier molecular flexibility index (Phi) is 11.0. The predicted molar refractivity (Wildman–Crippen MR) is 183 cm³/mol. The molecule has 0 aliphatic heterocycles. The summed E-state index contributed by atoms with van der Waals surface area (Å²) in [5.41, 5.74) is 2.72. The van der Waals surface area contributed by atoms with Crippen LogP contribution in [-0.2, 0) is 13.2 Å². The Bertz CT molecular complexity index is 1670. The molecule has 4 aromatic rings. The van der Waals surface area contributed by atoms with Gasteiger partial charge in [-0.1, -0.05) is 87.4 Å². The number of carbonyl (C=O) groups excluding carboxylic acids is 1. The topological polar surface area (TPSA) is 72.5 Å². The fourth-order valence-electron chi connectivity index (χ4n) is 4.32. The number of hydrogen-bond donors (Lipinski definition) is 0. The SMILES string of the molecule is COc1cc(C#CC(=O)c2c(OCc3ccccc3)cc(OCc3ccccc3)cc2O[Si](C)(C)C(C)(C)C)cc(OC)c1OC. The normalized spacial score (nSPS) is 11.1. The lowest BCUT2D eigenvalue weighted by molar-refractivity contribution is 0.105. The van der Waals surface area contributed by atoms with Gasteiger partial charge in [0.25, 0.3) is 8.32 Å². The molecule has 0 amide bonds. The highest BCUT2D eigenvalue weighted by molar-refractivity contribution is 6.74. The van der Waals surface area contributed by atoms with Crippen molar-refractivity contribution in [3.05, 3.63) is 107 Å². The number of carbonyl (C=O) groups is 1. The second kappa shape index (κ2) is 14.9. The van der Waals surface area contributed by atoms with E-state index >= 15 is 0 Å². The van der Waals surface area contributed by atoms with Crippen molar-refractivity contribution in [2.24, 2.45) is 0 Å². The molecule has 4 aromatic carbocycles. The molecule has 240 valence electrons. The number of ketones is 1. The van der Waals surface area contributed by atoms with Gasteiger partial charge >= 0.3 is 0 Å². The average molecular weight is 639 g/mol. The molecule has 0 saturated carbocycles. The van der Waals surface area contributed by atoms with Crippen LogP contribution in [0.25, 0.3) is 0 Å². The van der Waals surface area contributed by atoms with E-state index in [4.69, 9.17) is 28.1 Å². The number of Topliss-reactive ketones (excluding diaryl/α,β-unsaturated/α-hetero) is 1. The minimum atomic E-state index is -2.42. The summed E-state index contributed by atoms with van der Waals surface area (Å²) in [5, 5.41) is -0.138. The Morgan fingerprint density at radius 3 is 1.72 bits per heavy atom. The summed E-state index contributed by atoms with van der Waals surface area (Å²) in [4.78, 5) is 14.1. The van der Waals surface area contributed by atoms with Crippen LogP contribution in [0.5, 0.6) is 34.5 Å². The molecular formula is C38H42O7Si. The van der Waals surface area contributed by atoms with Crippen molar-refractivity contribution in [2.75, 3.05) is 21.3 Å². The van der Waals surface area contributed by atoms with Crippen LogP contribution < -0.4 is 28.1 Å². The van der Waals surface area contributed by atoms with E-state index in [1.54, 1.807) is 24.3 Å². The maximum Gasteiger partial charge on any atom is 0.250 e. The molecule has 8 heteroatoms. The monoisotopic (exact) mass is 638 g/mol. The van der Waals surface area contributed by atoms with Crippen molar-refractivity contribution in [3.8, 4) is 46.3 Å². The minimum absolute atomic E-state index is 0.138. The van der Waals surface area contributed by atoms with Gasteiger partial charge in [-0.2, -0.15) is 0 Å². The van der Waals surface area contributed by atoms with Crippen molar-refractivity contribution in [3.63, 3.8) is 0 Å². The van der Waals surface area contributed by atoms with Crippen LogP contribution in [0.3, 0.4) is 0 Å². The highest BCUT2D eigenvalue weighted by Crippen LogP contribution is 2.42. The van der Waals surface area contributed by atoms with Crippen LogP contribution in [0.4, 0.5) is 0 Å². The molecule has 7 nitrogen and oxygen atoms in total. The van der Waals surface area contributed by atoms with E-state index in [1.165, 1.54) is 21.3 Å². The van der Waals surface area contributed by atoms with Crippen LogP contribution >= 0.6 is 0 Å². The van der Waals surface area contributed by atoms with E-state index in [0.717, 1.165) is 11.1 Å². The minimum Gasteiger partial charge on any atom is -0.543 e. The fourth-order valence-corrected chi connectivity index (χ4v) is 5.33. The third-order valence-corrected chi connectivity index (χ3v) is 12.3. The molecule has 0 fully saturated rings. The zero-order chi connectivity index (χ0) is 33.3. The van der Waals surface area contributed by atoms with Gasteiger partial charge in [-0.15, -0.1) is 0 Å². The molecule has 4 rings (SSSR count). The summed E-state index contributed by atoms with van der Waals surface area (Å²) in [6.45, 7) is 11.3. The van der Waals surface area contributed by atoms with Gasteiger partial charge in [0, 0.05) is 17.7 Å². The Morgan fingerprint density at radius 2 is 1.22 bits per heavy atom. The number of methoxy groups -OCH3 is 3. The lowest BCUT2D eigenvalue weighted by Crippen LogP contribution is -2.44. The van der Waals surface area contributed by atoms with E-state index < -0.39 is 14.1 Å². The molecule has 0 radical (unpaired) electrons. The van der Waals surface area contributed by atoms with E-state index in [-0.39, 0.29) is 17.2 Å². The summed E-state index contributed by atoms with van der Waals surface area (Å²) in [5.74, 6) is 7.87. The highest BCUT2D eigenvalue weighted by Gasteiger charge is 2.40.